The molecule has 0 heterocycles. The third kappa shape index (κ3) is 164. The molecule has 0 aromatic heterocycles. The Kier molecular flexibility index (Phi) is 47.6. The van der Waals surface area contributed by atoms with Crippen molar-refractivity contribution in [3.05, 3.63) is 0 Å². The second-order valence-corrected chi connectivity index (χ2v) is 3.95. The quantitative estimate of drug-likeness (QED) is 0.185. The number of phosphoric acid groups is 2. The van der Waals surface area contributed by atoms with Crippen molar-refractivity contribution in [3.63, 3.8) is 0 Å². The molecule has 0 atom stereocenters. The van der Waals surface area contributed by atoms with Gasteiger partial charge in [-0.2, -0.15) is 15.6 Å². The first-order chi connectivity index (χ1) is 7.41. The number of hydrogen-bond donors (Lipinski definition) is 0. The fourth-order valence-corrected chi connectivity index (χ4v) is 0.285. The van der Waals surface area contributed by atoms with E-state index in [-0.39, 0.29) is 113 Å². The monoisotopic (exact) mass is 410 g/mol. The molecular weight excluding hydrogens is 402 g/mol. The van der Waals surface area contributed by atoms with Crippen molar-refractivity contribution in [2.75, 3.05) is 0 Å². The number of carbonyl (C=O) groups excluding carboxylic acids is 2. The molecule has 0 aliphatic rings. The maximum absolute atomic E-state index is 9.56. The molecule has 0 aromatic rings. The fraction of sp³-hybridized carbons (Fsp3) is 0.600. The first-order valence-corrected chi connectivity index (χ1v) is 6.67. The van der Waals surface area contributed by atoms with Crippen LogP contribution in [0.15, 0.2) is 0 Å². The number of aldehydes is 2. The van der Waals surface area contributed by atoms with Crippen molar-refractivity contribution in [2.45, 2.75) is 19.3 Å². The van der Waals surface area contributed by atoms with Crippen molar-refractivity contribution in [1.82, 2.24) is 0 Å². The van der Waals surface area contributed by atoms with Crippen molar-refractivity contribution in [2.24, 2.45) is 0 Å². The normalized spacial score (nSPS) is 8.70. The largest absolute Gasteiger partial charge is 2.00 e. The summed E-state index contributed by atoms with van der Waals surface area (Å²) in [5.74, 6) is 0. The van der Waals surface area contributed by atoms with Crippen molar-refractivity contribution in [3.8, 4) is 0 Å². The molecule has 0 aliphatic heterocycles. The van der Waals surface area contributed by atoms with Gasteiger partial charge in [0.05, 0.1) is 0 Å². The van der Waals surface area contributed by atoms with Crippen LogP contribution in [0.2, 0.25) is 0 Å². The molecule has 0 spiro atoms. The van der Waals surface area contributed by atoms with Crippen LogP contribution in [-0.4, -0.2) is 126 Å². The maximum atomic E-state index is 9.56. The van der Waals surface area contributed by atoms with Gasteiger partial charge in [-0.1, -0.05) is 0 Å². The summed E-state index contributed by atoms with van der Waals surface area (Å²) in [7, 11) is -10.8. The van der Waals surface area contributed by atoms with Crippen LogP contribution in [0.1, 0.15) is 19.3 Å². The summed E-state index contributed by atoms with van der Waals surface area (Å²) in [6.07, 6.45) is 3.37. The summed E-state index contributed by atoms with van der Waals surface area (Å²) in [5.41, 5.74) is 0. The van der Waals surface area contributed by atoms with Crippen molar-refractivity contribution >= 4 is 141 Å². The third-order valence-corrected chi connectivity index (χ3v) is 0.644. The molecule has 0 amide bonds. The van der Waals surface area contributed by atoms with Crippen LogP contribution >= 0.6 is 15.6 Å². The summed E-state index contributed by atoms with van der Waals surface area (Å²) in [6.45, 7) is 0. The van der Waals surface area contributed by atoms with E-state index in [1.807, 2.05) is 0 Å². The predicted octanol–water partition coefficient (Wildman–Crippen LogP) is -6.24. The van der Waals surface area contributed by atoms with E-state index < -0.39 is 15.6 Å². The summed E-state index contributed by atoms with van der Waals surface area (Å²) < 4.78 is 17.1. The van der Waals surface area contributed by atoms with E-state index in [0.29, 0.717) is 19.3 Å². The minimum absolute atomic E-state index is 0. The van der Waals surface area contributed by atoms with E-state index in [2.05, 4.69) is 0 Å². The zero-order valence-electron chi connectivity index (χ0n) is 10.4. The molecule has 0 bridgehead atoms. The Morgan fingerprint density at radius 2 is 0.800 bits per heavy atom. The minimum atomic E-state index is -5.39. The van der Waals surface area contributed by atoms with Crippen molar-refractivity contribution < 1.29 is 48.1 Å². The molecule has 104 valence electrons. The van der Waals surface area contributed by atoms with E-state index in [1.54, 1.807) is 0 Å². The van der Waals surface area contributed by atoms with E-state index in [1.165, 1.54) is 0 Å². The number of carbonyl (C=O) groups is 2. The Balaban J connectivity index is -0.0000000348. The molecule has 0 saturated carbocycles. The number of hydrogen-bond acceptors (Lipinski definition) is 10. The van der Waals surface area contributed by atoms with Gasteiger partial charge in [0.2, 0.25) is 0 Å². The fourth-order valence-electron chi connectivity index (χ4n) is 0.285. The van der Waals surface area contributed by atoms with Crippen LogP contribution in [0.3, 0.4) is 0 Å². The Morgan fingerprint density at radius 1 is 0.650 bits per heavy atom. The van der Waals surface area contributed by atoms with E-state index >= 15 is 0 Å². The standard InChI is InChI=1S/C5H8O2.3Ca.2H3O4P/c6-4-2-1-3-5-7;;;;2*1-5(2,3)4/h4-5H,1-3H2;;;;2*(H3,1,2,3,4)/q;3*+2;;/p-6. The van der Waals surface area contributed by atoms with Gasteiger partial charge < -0.3 is 48.1 Å². The maximum Gasteiger partial charge on any atom is 2.00 e. The van der Waals surface area contributed by atoms with Gasteiger partial charge in [-0.25, -0.2) is 0 Å². The van der Waals surface area contributed by atoms with Gasteiger partial charge in [0, 0.05) is 12.8 Å². The molecule has 0 fully saturated rings. The first kappa shape index (κ1) is 38.7. The Hall–Kier alpha value is 3.34. The molecule has 0 aliphatic carbocycles. The predicted molar refractivity (Wildman–Crippen MR) is 58.5 cm³/mol. The Morgan fingerprint density at radius 3 is 0.900 bits per heavy atom. The van der Waals surface area contributed by atoms with E-state index in [9.17, 15) is 9.59 Å². The zero-order valence-corrected chi connectivity index (χ0v) is 18.8. The minimum Gasteiger partial charge on any atom is -0.822 e. The van der Waals surface area contributed by atoms with Crippen LogP contribution in [0.4, 0.5) is 0 Å². The van der Waals surface area contributed by atoms with Crippen LogP contribution < -0.4 is 29.4 Å². The average Bonchev–Trinajstić information content (AvgIpc) is 1.99. The first-order valence-electron chi connectivity index (χ1n) is 3.75. The average molecular weight is 410 g/mol. The van der Waals surface area contributed by atoms with E-state index in [0.717, 1.165) is 12.6 Å². The second-order valence-electron chi connectivity index (χ2n) is 2.16. The van der Waals surface area contributed by atoms with Crippen molar-refractivity contribution in [1.29, 1.82) is 0 Å². The van der Waals surface area contributed by atoms with Crippen LogP contribution in [0.25, 0.3) is 0 Å². The topological polar surface area (TPSA) is 207 Å². The summed E-state index contributed by atoms with van der Waals surface area (Å²) in [6, 6.07) is 0. The van der Waals surface area contributed by atoms with Gasteiger partial charge in [0.15, 0.2) is 0 Å². The molecule has 0 saturated heterocycles. The summed E-state index contributed by atoms with van der Waals surface area (Å²) in [5, 5.41) is 0. The Bertz CT molecular complexity index is 244. The molecule has 10 nitrogen and oxygen atoms in total. The molecule has 0 radical (unpaired) electrons. The van der Waals surface area contributed by atoms with Gasteiger partial charge in [0.25, 0.3) is 0 Å². The van der Waals surface area contributed by atoms with Crippen LogP contribution in [0.5, 0.6) is 0 Å². The molecule has 0 N–H and O–H groups in total. The molecule has 15 heteroatoms. The second kappa shape index (κ2) is 24.6. The van der Waals surface area contributed by atoms with Gasteiger partial charge in [0.1, 0.15) is 12.6 Å². The molecular formula is C5H8Ca3O10P2. The molecule has 0 rings (SSSR count). The van der Waals surface area contributed by atoms with E-state index in [4.69, 9.17) is 38.5 Å². The molecule has 0 aromatic carbocycles. The third-order valence-electron chi connectivity index (χ3n) is 0.644. The zero-order chi connectivity index (χ0) is 14.5. The van der Waals surface area contributed by atoms with Gasteiger partial charge in [-0.15, -0.1) is 0 Å². The van der Waals surface area contributed by atoms with Gasteiger partial charge >= 0.3 is 113 Å². The summed E-state index contributed by atoms with van der Waals surface area (Å²) in [4.78, 5) is 70.4. The number of unbranched alkanes of at least 4 members (excludes halogenated alkanes) is 2. The van der Waals surface area contributed by atoms with Crippen LogP contribution in [-0.2, 0) is 18.7 Å². The SMILES string of the molecule is O=CCCCC=O.O=P([O-])([O-])[O-].O=P([O-])([O-])[O-].[Ca+2].[Ca+2].[Ca+2]. The Labute approximate surface area is 205 Å². The van der Waals surface area contributed by atoms with Crippen LogP contribution in [0, 0.1) is 0 Å². The van der Waals surface area contributed by atoms with Gasteiger partial charge in [-0.3, -0.25) is 0 Å². The number of rotatable bonds is 4. The van der Waals surface area contributed by atoms with Gasteiger partial charge in [-0.05, 0) is 6.42 Å². The smallest absolute Gasteiger partial charge is 0.822 e. The summed E-state index contributed by atoms with van der Waals surface area (Å²) >= 11 is 0. The molecule has 20 heavy (non-hydrogen) atoms. The molecule has 0 unspecified atom stereocenters.